The molecule has 0 radical (unpaired) electrons. The fraction of sp³-hybridized carbons (Fsp3) is 0.422. The first kappa shape index (κ1) is 43.5. The number of allylic oxidation sites excluding steroid dienone is 1. The molecular formula is C45H51N7O12. The number of ketones is 2. The third kappa shape index (κ3) is 8.26. The van der Waals surface area contributed by atoms with Gasteiger partial charge in [0.05, 0.1) is 37.4 Å². The summed E-state index contributed by atoms with van der Waals surface area (Å²) in [6.45, 7) is 0.267. The summed E-state index contributed by atoms with van der Waals surface area (Å²) in [5.74, 6) is -1.76. The summed E-state index contributed by atoms with van der Waals surface area (Å²) in [5.41, 5.74) is 15.0. The molecule has 10 unspecified atom stereocenters. The summed E-state index contributed by atoms with van der Waals surface area (Å²) in [6, 6.07) is 14.9. The Labute approximate surface area is 367 Å². The maximum Gasteiger partial charge on any atom is 0.242 e. The van der Waals surface area contributed by atoms with Crippen molar-refractivity contribution in [1.29, 1.82) is 0 Å². The van der Waals surface area contributed by atoms with Gasteiger partial charge in [0, 0.05) is 53.4 Å². The summed E-state index contributed by atoms with van der Waals surface area (Å²) in [6.07, 6.45) is -5.01. The second kappa shape index (κ2) is 18.4. The van der Waals surface area contributed by atoms with Crippen LogP contribution in [0, 0.1) is 0 Å². The third-order valence-electron chi connectivity index (χ3n) is 12.4. The molecule has 64 heavy (non-hydrogen) atoms. The molecule has 1 amide bonds. The molecular weight excluding hydrogens is 831 g/mol. The average molecular weight is 882 g/mol. The molecule has 0 spiro atoms. The predicted octanol–water partition coefficient (Wildman–Crippen LogP) is -0.703. The number of carbonyl (C=O) groups excluding carboxylic acids is 4. The van der Waals surface area contributed by atoms with Crippen molar-refractivity contribution in [3.63, 3.8) is 0 Å². The first-order chi connectivity index (χ1) is 31.0. The van der Waals surface area contributed by atoms with Crippen molar-refractivity contribution >= 4 is 29.4 Å². The Morgan fingerprint density at radius 3 is 2.58 bits per heavy atom. The van der Waals surface area contributed by atoms with Crippen molar-refractivity contribution in [2.24, 2.45) is 11.5 Å². The molecule has 3 aromatic rings. The van der Waals surface area contributed by atoms with Crippen LogP contribution >= 0.6 is 0 Å². The molecule has 11 N–H and O–H groups in total. The van der Waals surface area contributed by atoms with E-state index in [1.807, 2.05) is 35.2 Å². The Bertz CT molecular complexity index is 2380. The van der Waals surface area contributed by atoms with Gasteiger partial charge in [0.15, 0.2) is 23.1 Å². The van der Waals surface area contributed by atoms with E-state index in [0.29, 0.717) is 41.9 Å². The van der Waals surface area contributed by atoms with Crippen LogP contribution in [0.2, 0.25) is 0 Å². The Morgan fingerprint density at radius 1 is 1.00 bits per heavy atom. The van der Waals surface area contributed by atoms with Gasteiger partial charge in [0.25, 0.3) is 0 Å². The first-order valence-corrected chi connectivity index (χ1v) is 21.3. The maximum atomic E-state index is 14.7. The van der Waals surface area contributed by atoms with Gasteiger partial charge in [-0.3, -0.25) is 30.8 Å². The summed E-state index contributed by atoms with van der Waals surface area (Å²) >= 11 is 0. The van der Waals surface area contributed by atoms with E-state index >= 15 is 0 Å². The second-order valence-corrected chi connectivity index (χ2v) is 16.5. The first-order valence-electron chi connectivity index (χ1n) is 21.3. The zero-order valence-electron chi connectivity index (χ0n) is 34.7. The number of nitrogens with one attached hydrogen (secondary N) is 4. The largest absolute Gasteiger partial charge is 0.486 e. The van der Waals surface area contributed by atoms with Crippen LogP contribution in [0.3, 0.4) is 0 Å². The Balaban J connectivity index is 1.21. The number of carbonyl (C=O) groups is 4. The zero-order valence-corrected chi connectivity index (χ0v) is 34.7. The Hall–Kier alpha value is -5.74. The van der Waals surface area contributed by atoms with E-state index in [0.717, 1.165) is 5.57 Å². The van der Waals surface area contributed by atoms with Crippen molar-refractivity contribution in [2.45, 2.75) is 80.5 Å². The van der Waals surface area contributed by atoms with E-state index in [9.17, 15) is 34.5 Å². The van der Waals surface area contributed by atoms with Crippen LogP contribution in [-0.4, -0.2) is 134 Å². The number of nitrogens with zero attached hydrogens (tertiary/aromatic N) is 1. The molecule has 19 nitrogen and oxygen atoms in total. The molecule has 0 aromatic heterocycles. The molecule has 19 heteroatoms. The van der Waals surface area contributed by atoms with Crippen LogP contribution in [0.1, 0.15) is 68.2 Å². The van der Waals surface area contributed by atoms with Crippen LogP contribution in [0.5, 0.6) is 11.5 Å². The van der Waals surface area contributed by atoms with Gasteiger partial charge in [-0.1, -0.05) is 48.5 Å². The SMILES string of the molecule is NC1=CC(CCOC2C3Oc4c(cc5c(c4OCC(O)CC=O)C(=O)c4ccccc4C5=O)C(c4ccccc4N4CNC5C(=O)NC(N)NC54)CCOCC(O3)C(O)C2O)=CCN1. The quantitative estimate of drug-likeness (QED) is 0.0843. The van der Waals surface area contributed by atoms with Crippen molar-refractivity contribution in [2.75, 3.05) is 44.5 Å². The lowest BCUT2D eigenvalue weighted by atomic mass is 9.79. The molecule has 5 aliphatic heterocycles. The third-order valence-corrected chi connectivity index (χ3v) is 12.4. The van der Waals surface area contributed by atoms with Crippen molar-refractivity contribution in [3.8, 4) is 11.5 Å². The molecule has 3 fully saturated rings. The highest BCUT2D eigenvalue weighted by Gasteiger charge is 2.49. The van der Waals surface area contributed by atoms with Gasteiger partial charge in [-0.2, -0.15) is 0 Å². The summed E-state index contributed by atoms with van der Waals surface area (Å²) in [4.78, 5) is 55.8. The minimum Gasteiger partial charge on any atom is -0.486 e. The number of aliphatic hydroxyl groups is 3. The van der Waals surface area contributed by atoms with Gasteiger partial charge in [0.2, 0.25) is 12.2 Å². The van der Waals surface area contributed by atoms with Gasteiger partial charge < -0.3 is 65.1 Å². The van der Waals surface area contributed by atoms with E-state index in [-0.39, 0.29) is 79.0 Å². The van der Waals surface area contributed by atoms with Gasteiger partial charge >= 0.3 is 0 Å². The Kier molecular flexibility index (Phi) is 12.5. The number of hydrogen-bond acceptors (Lipinski definition) is 18. The monoisotopic (exact) mass is 881 g/mol. The smallest absolute Gasteiger partial charge is 0.242 e. The highest BCUT2D eigenvalue weighted by Crippen LogP contribution is 2.50. The number of para-hydroxylation sites is 1. The molecule has 9 rings (SSSR count). The summed E-state index contributed by atoms with van der Waals surface area (Å²) in [7, 11) is 0. The van der Waals surface area contributed by atoms with Crippen molar-refractivity contribution in [1.82, 2.24) is 21.3 Å². The molecule has 10 atom stereocenters. The minimum absolute atomic E-state index is 0.0111. The maximum absolute atomic E-state index is 14.7. The minimum atomic E-state index is -1.55. The topological polar surface area (TPSA) is 279 Å². The lowest BCUT2D eigenvalue weighted by molar-refractivity contribution is -0.289. The van der Waals surface area contributed by atoms with Crippen LogP contribution < -0.4 is 47.1 Å². The number of fused-ring (bicyclic) bond motifs is 6. The van der Waals surface area contributed by atoms with Crippen LogP contribution in [0.25, 0.3) is 0 Å². The number of dihydropyridines is 1. The second-order valence-electron chi connectivity index (χ2n) is 16.5. The number of anilines is 1. The van der Waals surface area contributed by atoms with Gasteiger partial charge in [-0.05, 0) is 42.2 Å². The molecule has 1 aliphatic carbocycles. The highest BCUT2D eigenvalue weighted by molar-refractivity contribution is 6.29. The molecule has 338 valence electrons. The van der Waals surface area contributed by atoms with E-state index in [4.69, 9.17) is 35.2 Å². The number of rotatable bonds is 11. The van der Waals surface area contributed by atoms with Crippen LogP contribution in [-0.2, 0) is 23.8 Å². The normalized spacial score (nSPS) is 29.2. The fourth-order valence-electron chi connectivity index (χ4n) is 9.26. The van der Waals surface area contributed by atoms with Gasteiger partial charge in [0.1, 0.15) is 55.8 Å². The van der Waals surface area contributed by atoms with Crippen LogP contribution in [0.4, 0.5) is 5.69 Å². The lowest BCUT2D eigenvalue weighted by Crippen LogP contribution is -2.70. The Morgan fingerprint density at radius 2 is 1.78 bits per heavy atom. The molecule has 5 heterocycles. The zero-order chi connectivity index (χ0) is 44.6. The number of amides is 1. The van der Waals surface area contributed by atoms with Gasteiger partial charge in [-0.25, -0.2) is 0 Å². The molecule has 3 aromatic carbocycles. The summed E-state index contributed by atoms with van der Waals surface area (Å²) < 4.78 is 32.2. The lowest BCUT2D eigenvalue weighted by Gasteiger charge is -2.42. The molecule has 2 bridgehead atoms. The molecule has 6 aliphatic rings. The number of aldehydes is 1. The van der Waals surface area contributed by atoms with E-state index in [1.165, 1.54) is 6.07 Å². The van der Waals surface area contributed by atoms with Crippen LogP contribution in [0.15, 0.2) is 78.1 Å². The number of aliphatic hydroxyl groups excluding tert-OH is 3. The fourth-order valence-corrected chi connectivity index (χ4v) is 9.26. The van der Waals surface area contributed by atoms with E-state index in [1.54, 1.807) is 30.3 Å². The number of hydrogen-bond donors (Lipinski definition) is 9. The number of ether oxygens (including phenoxy) is 5. The van der Waals surface area contributed by atoms with Crippen molar-refractivity contribution < 1.29 is 58.2 Å². The predicted molar refractivity (Wildman–Crippen MR) is 227 cm³/mol. The standard InChI is InChI=1S/C45H51N7O12/c46-32-17-22(9-13-48-32)11-16-61-41-38(58)37(57)31-20-60-15-12-24(25-5-3-4-8-30(25)52-21-49-34-42(52)50-45(47)51-43(34)59)28-18-29-33(36(56)27-7-2-1-6-26(27)35(29)55)40(39(28)64-44(41)63-31)62-19-23(54)10-14-53/h1-9,14,17-18,23-24,31,34,37-38,41-42,44-45,48-50,54,57-58H,10-13,15-16,19-21,46-47H2,(H,51,59). The summed E-state index contributed by atoms with van der Waals surface area (Å²) in [5, 5.41) is 46.2. The average Bonchev–Trinajstić information content (AvgIpc) is 3.70. The van der Waals surface area contributed by atoms with E-state index < -0.39 is 79.4 Å². The molecule has 0 saturated carbocycles. The number of benzene rings is 3. The molecule has 3 saturated heterocycles. The van der Waals surface area contributed by atoms with Crippen molar-refractivity contribution in [3.05, 3.63) is 112 Å². The van der Waals surface area contributed by atoms with Gasteiger partial charge in [-0.15, -0.1) is 0 Å². The van der Waals surface area contributed by atoms with E-state index in [2.05, 4.69) is 21.3 Å². The highest BCUT2D eigenvalue weighted by atomic mass is 16.7. The number of nitrogens with two attached hydrogens (primary N) is 2.